The SMILES string of the molecule is COc1ccc(C)cc1C(C)NC(=O)COc1ccc(C)cc1. The summed E-state index contributed by atoms with van der Waals surface area (Å²) >= 11 is 0. The second kappa shape index (κ2) is 7.68. The fourth-order valence-corrected chi connectivity index (χ4v) is 2.34. The Balaban J connectivity index is 1.94. The van der Waals surface area contributed by atoms with Crippen LogP contribution in [0.4, 0.5) is 0 Å². The van der Waals surface area contributed by atoms with Gasteiger partial charge in [-0.25, -0.2) is 0 Å². The largest absolute Gasteiger partial charge is 0.496 e. The van der Waals surface area contributed by atoms with E-state index in [1.165, 1.54) is 0 Å². The van der Waals surface area contributed by atoms with Crippen LogP contribution in [0.3, 0.4) is 0 Å². The van der Waals surface area contributed by atoms with Crippen LogP contribution in [0.2, 0.25) is 0 Å². The second-order valence-electron chi connectivity index (χ2n) is 5.64. The van der Waals surface area contributed by atoms with Crippen molar-refractivity contribution in [2.75, 3.05) is 13.7 Å². The lowest BCUT2D eigenvalue weighted by molar-refractivity contribution is -0.123. The molecule has 2 aromatic rings. The first-order chi connectivity index (χ1) is 11.0. The maximum Gasteiger partial charge on any atom is 0.258 e. The second-order valence-corrected chi connectivity index (χ2v) is 5.64. The highest BCUT2D eigenvalue weighted by Crippen LogP contribution is 2.26. The normalized spacial score (nSPS) is 11.7. The van der Waals surface area contributed by atoms with Crippen molar-refractivity contribution in [3.8, 4) is 11.5 Å². The fraction of sp³-hybridized carbons (Fsp3) is 0.316. The summed E-state index contributed by atoms with van der Waals surface area (Å²) in [7, 11) is 1.63. The molecule has 0 aliphatic heterocycles. The van der Waals surface area contributed by atoms with Crippen LogP contribution in [0.25, 0.3) is 0 Å². The summed E-state index contributed by atoms with van der Waals surface area (Å²) in [5.41, 5.74) is 3.23. The monoisotopic (exact) mass is 313 g/mol. The molecule has 4 nitrogen and oxygen atoms in total. The Morgan fingerprint density at radius 3 is 2.39 bits per heavy atom. The van der Waals surface area contributed by atoms with Crippen molar-refractivity contribution >= 4 is 5.91 Å². The maximum absolute atomic E-state index is 12.1. The third-order valence-electron chi connectivity index (χ3n) is 3.62. The van der Waals surface area contributed by atoms with E-state index in [1.54, 1.807) is 7.11 Å². The molecule has 0 bridgehead atoms. The molecule has 2 aromatic carbocycles. The van der Waals surface area contributed by atoms with Gasteiger partial charge >= 0.3 is 0 Å². The Morgan fingerprint density at radius 1 is 1.09 bits per heavy atom. The van der Waals surface area contributed by atoms with Crippen LogP contribution in [-0.2, 0) is 4.79 Å². The third kappa shape index (κ3) is 4.74. The molecule has 23 heavy (non-hydrogen) atoms. The molecule has 1 atom stereocenters. The average Bonchev–Trinajstić information content (AvgIpc) is 2.54. The van der Waals surface area contributed by atoms with Crippen molar-refractivity contribution < 1.29 is 14.3 Å². The Bertz CT molecular complexity index is 665. The van der Waals surface area contributed by atoms with Gasteiger partial charge in [0.25, 0.3) is 5.91 Å². The van der Waals surface area contributed by atoms with Gasteiger partial charge < -0.3 is 14.8 Å². The van der Waals surface area contributed by atoms with Crippen LogP contribution in [0.1, 0.15) is 29.7 Å². The predicted molar refractivity (Wildman–Crippen MR) is 91.0 cm³/mol. The topological polar surface area (TPSA) is 47.6 Å². The van der Waals surface area contributed by atoms with Gasteiger partial charge in [0, 0.05) is 5.56 Å². The molecule has 0 aliphatic carbocycles. The minimum absolute atomic E-state index is 0.0124. The van der Waals surface area contributed by atoms with Crippen LogP contribution in [0.15, 0.2) is 42.5 Å². The van der Waals surface area contributed by atoms with E-state index in [4.69, 9.17) is 9.47 Å². The first-order valence-electron chi connectivity index (χ1n) is 7.63. The number of aryl methyl sites for hydroxylation is 2. The number of rotatable bonds is 6. The highest BCUT2D eigenvalue weighted by Gasteiger charge is 2.14. The Hall–Kier alpha value is -2.49. The van der Waals surface area contributed by atoms with E-state index in [1.807, 2.05) is 63.2 Å². The quantitative estimate of drug-likeness (QED) is 0.887. The van der Waals surface area contributed by atoms with Crippen molar-refractivity contribution in [1.82, 2.24) is 5.32 Å². The average molecular weight is 313 g/mol. The standard InChI is InChI=1S/C19H23NO3/c1-13-5-8-16(9-6-13)23-12-19(21)20-15(3)17-11-14(2)7-10-18(17)22-4/h5-11,15H,12H2,1-4H3,(H,20,21). The van der Waals surface area contributed by atoms with Crippen LogP contribution in [0.5, 0.6) is 11.5 Å². The first kappa shape index (κ1) is 16.9. The highest BCUT2D eigenvalue weighted by molar-refractivity contribution is 5.78. The molecule has 1 unspecified atom stereocenters. The van der Waals surface area contributed by atoms with E-state index >= 15 is 0 Å². The van der Waals surface area contributed by atoms with Gasteiger partial charge in [-0.15, -0.1) is 0 Å². The van der Waals surface area contributed by atoms with E-state index in [-0.39, 0.29) is 18.6 Å². The minimum Gasteiger partial charge on any atom is -0.496 e. The van der Waals surface area contributed by atoms with Gasteiger partial charge in [0.15, 0.2) is 6.61 Å². The molecule has 4 heteroatoms. The van der Waals surface area contributed by atoms with E-state index in [2.05, 4.69) is 5.32 Å². The van der Waals surface area contributed by atoms with Gasteiger partial charge in [-0.3, -0.25) is 4.79 Å². The lowest BCUT2D eigenvalue weighted by Crippen LogP contribution is -2.31. The summed E-state index contributed by atoms with van der Waals surface area (Å²) in [6.45, 7) is 5.94. The number of hydrogen-bond acceptors (Lipinski definition) is 3. The number of amides is 1. The summed E-state index contributed by atoms with van der Waals surface area (Å²) < 4.78 is 10.9. The number of hydrogen-bond donors (Lipinski definition) is 1. The summed E-state index contributed by atoms with van der Waals surface area (Å²) in [6.07, 6.45) is 0. The molecule has 1 N–H and O–H groups in total. The van der Waals surface area contributed by atoms with Gasteiger partial charge in [-0.05, 0) is 39.0 Å². The molecule has 0 aromatic heterocycles. The van der Waals surface area contributed by atoms with Crippen molar-refractivity contribution in [3.63, 3.8) is 0 Å². The zero-order valence-corrected chi connectivity index (χ0v) is 14.1. The Kier molecular flexibility index (Phi) is 5.63. The first-order valence-corrected chi connectivity index (χ1v) is 7.63. The zero-order chi connectivity index (χ0) is 16.8. The van der Waals surface area contributed by atoms with E-state index in [9.17, 15) is 4.79 Å². The molecule has 0 radical (unpaired) electrons. The molecular formula is C19H23NO3. The van der Waals surface area contributed by atoms with E-state index in [0.29, 0.717) is 5.75 Å². The van der Waals surface area contributed by atoms with Crippen LogP contribution in [0, 0.1) is 13.8 Å². The molecule has 0 spiro atoms. The fourth-order valence-electron chi connectivity index (χ4n) is 2.34. The van der Waals surface area contributed by atoms with Gasteiger partial charge in [-0.1, -0.05) is 35.4 Å². The number of ether oxygens (including phenoxy) is 2. The lowest BCUT2D eigenvalue weighted by atomic mass is 10.0. The third-order valence-corrected chi connectivity index (χ3v) is 3.62. The summed E-state index contributed by atoms with van der Waals surface area (Å²) in [5.74, 6) is 1.29. The maximum atomic E-state index is 12.1. The highest BCUT2D eigenvalue weighted by atomic mass is 16.5. The van der Waals surface area contributed by atoms with Crippen LogP contribution < -0.4 is 14.8 Å². The summed E-state index contributed by atoms with van der Waals surface area (Å²) in [4.78, 5) is 12.1. The molecule has 0 aliphatic rings. The van der Waals surface area contributed by atoms with Crippen molar-refractivity contribution in [1.29, 1.82) is 0 Å². The Labute approximate surface area is 137 Å². The minimum atomic E-state index is -0.165. The lowest BCUT2D eigenvalue weighted by Gasteiger charge is -2.18. The number of methoxy groups -OCH3 is 1. The summed E-state index contributed by atoms with van der Waals surface area (Å²) in [6, 6.07) is 13.4. The Morgan fingerprint density at radius 2 is 1.74 bits per heavy atom. The van der Waals surface area contributed by atoms with Crippen molar-refractivity contribution in [2.45, 2.75) is 26.8 Å². The summed E-state index contributed by atoms with van der Waals surface area (Å²) in [5, 5.41) is 2.94. The van der Waals surface area contributed by atoms with E-state index < -0.39 is 0 Å². The molecule has 0 saturated carbocycles. The molecule has 0 saturated heterocycles. The molecule has 2 rings (SSSR count). The smallest absolute Gasteiger partial charge is 0.258 e. The number of carbonyl (C=O) groups is 1. The number of nitrogens with one attached hydrogen (secondary N) is 1. The zero-order valence-electron chi connectivity index (χ0n) is 14.1. The predicted octanol–water partition coefficient (Wildman–Crippen LogP) is 3.57. The van der Waals surface area contributed by atoms with E-state index in [0.717, 1.165) is 22.4 Å². The molecular weight excluding hydrogens is 290 g/mol. The molecule has 0 heterocycles. The van der Waals surface area contributed by atoms with Crippen LogP contribution >= 0.6 is 0 Å². The van der Waals surface area contributed by atoms with Crippen molar-refractivity contribution in [2.24, 2.45) is 0 Å². The van der Waals surface area contributed by atoms with Gasteiger partial charge in [0.05, 0.1) is 13.2 Å². The van der Waals surface area contributed by atoms with Gasteiger partial charge in [0.2, 0.25) is 0 Å². The van der Waals surface area contributed by atoms with Gasteiger partial charge in [0.1, 0.15) is 11.5 Å². The van der Waals surface area contributed by atoms with Gasteiger partial charge in [-0.2, -0.15) is 0 Å². The molecule has 1 amide bonds. The number of benzene rings is 2. The molecule has 0 fully saturated rings. The van der Waals surface area contributed by atoms with Crippen molar-refractivity contribution in [3.05, 3.63) is 59.2 Å². The van der Waals surface area contributed by atoms with Crippen LogP contribution in [-0.4, -0.2) is 19.6 Å². The number of carbonyl (C=O) groups excluding carboxylic acids is 1. The molecule has 122 valence electrons.